The number of benzene rings is 2. The second kappa shape index (κ2) is 7.92. The molecular weight excluding hydrogens is 311 g/mol. The molecular formula is C18H21FN2OS. The maximum atomic E-state index is 12.9. The molecule has 0 saturated carbocycles. The van der Waals surface area contributed by atoms with Gasteiger partial charge in [0.2, 0.25) is 0 Å². The Morgan fingerprint density at radius 3 is 2.48 bits per heavy atom. The summed E-state index contributed by atoms with van der Waals surface area (Å²) in [6, 6.07) is 12.1. The maximum absolute atomic E-state index is 12.9. The van der Waals surface area contributed by atoms with Gasteiger partial charge in [0.15, 0.2) is 5.11 Å². The van der Waals surface area contributed by atoms with Crippen molar-refractivity contribution in [3.8, 4) is 5.75 Å². The zero-order valence-corrected chi connectivity index (χ0v) is 14.3. The molecule has 23 heavy (non-hydrogen) atoms. The first-order valence-corrected chi connectivity index (χ1v) is 7.88. The Balaban J connectivity index is 1.79. The fraction of sp³-hybridized carbons (Fsp3) is 0.278. The van der Waals surface area contributed by atoms with Gasteiger partial charge in [-0.2, -0.15) is 0 Å². The minimum absolute atomic E-state index is 0.0389. The molecule has 0 bridgehead atoms. The SMILES string of the molecule is Cc1ccc(OC[C@@H](C)NC(=S)Nc2ccc(F)cc2)cc1C. The van der Waals surface area contributed by atoms with Gasteiger partial charge in [0.05, 0.1) is 6.04 Å². The van der Waals surface area contributed by atoms with Gasteiger partial charge in [-0.3, -0.25) is 0 Å². The van der Waals surface area contributed by atoms with E-state index in [1.54, 1.807) is 12.1 Å². The summed E-state index contributed by atoms with van der Waals surface area (Å²) in [4.78, 5) is 0. The molecule has 3 nitrogen and oxygen atoms in total. The van der Waals surface area contributed by atoms with Crippen LogP contribution in [0.5, 0.6) is 5.75 Å². The van der Waals surface area contributed by atoms with Crippen molar-refractivity contribution in [3.63, 3.8) is 0 Å². The van der Waals surface area contributed by atoms with Crippen LogP contribution in [0.4, 0.5) is 10.1 Å². The molecule has 2 N–H and O–H groups in total. The highest BCUT2D eigenvalue weighted by Crippen LogP contribution is 2.16. The molecule has 0 aliphatic heterocycles. The van der Waals surface area contributed by atoms with Crippen LogP contribution in [0.3, 0.4) is 0 Å². The third-order valence-electron chi connectivity index (χ3n) is 3.46. The lowest BCUT2D eigenvalue weighted by atomic mass is 10.1. The van der Waals surface area contributed by atoms with E-state index in [-0.39, 0.29) is 11.9 Å². The summed E-state index contributed by atoms with van der Waals surface area (Å²) in [5.74, 6) is 0.573. The molecule has 0 radical (unpaired) electrons. The second-order valence-electron chi connectivity index (χ2n) is 5.56. The Morgan fingerprint density at radius 1 is 1.13 bits per heavy atom. The largest absolute Gasteiger partial charge is 0.491 e. The van der Waals surface area contributed by atoms with Gasteiger partial charge < -0.3 is 15.4 Å². The Morgan fingerprint density at radius 2 is 1.83 bits per heavy atom. The summed E-state index contributed by atoms with van der Waals surface area (Å²) >= 11 is 5.24. The summed E-state index contributed by atoms with van der Waals surface area (Å²) < 4.78 is 18.6. The van der Waals surface area contributed by atoms with Crippen molar-refractivity contribution in [2.45, 2.75) is 26.8 Å². The van der Waals surface area contributed by atoms with Crippen LogP contribution in [0, 0.1) is 19.7 Å². The summed E-state index contributed by atoms with van der Waals surface area (Å²) in [6.45, 7) is 6.61. The van der Waals surface area contributed by atoms with Crippen LogP contribution < -0.4 is 15.4 Å². The van der Waals surface area contributed by atoms with Crippen molar-refractivity contribution >= 4 is 23.0 Å². The molecule has 0 unspecified atom stereocenters. The van der Waals surface area contributed by atoms with E-state index < -0.39 is 0 Å². The maximum Gasteiger partial charge on any atom is 0.171 e. The molecule has 0 fully saturated rings. The normalized spacial score (nSPS) is 11.7. The van der Waals surface area contributed by atoms with Crippen LogP contribution in [0.15, 0.2) is 42.5 Å². The Labute approximate surface area is 141 Å². The molecule has 0 aromatic heterocycles. The molecule has 0 saturated heterocycles. The molecule has 1 atom stereocenters. The summed E-state index contributed by atoms with van der Waals surface area (Å²) in [5.41, 5.74) is 3.19. The topological polar surface area (TPSA) is 33.3 Å². The van der Waals surface area contributed by atoms with Crippen LogP contribution in [0.1, 0.15) is 18.1 Å². The summed E-state index contributed by atoms with van der Waals surface area (Å²) in [6.07, 6.45) is 0. The van der Waals surface area contributed by atoms with Gasteiger partial charge in [-0.15, -0.1) is 0 Å². The molecule has 122 valence electrons. The zero-order chi connectivity index (χ0) is 16.8. The number of halogens is 1. The van der Waals surface area contributed by atoms with Gasteiger partial charge in [-0.25, -0.2) is 4.39 Å². The lowest BCUT2D eigenvalue weighted by molar-refractivity contribution is 0.287. The number of ether oxygens (including phenoxy) is 1. The Kier molecular flexibility index (Phi) is 5.93. The molecule has 0 aliphatic carbocycles. The highest BCUT2D eigenvalue weighted by atomic mass is 32.1. The van der Waals surface area contributed by atoms with Crippen molar-refractivity contribution < 1.29 is 9.13 Å². The average Bonchev–Trinajstić information content (AvgIpc) is 2.51. The molecule has 0 heterocycles. The average molecular weight is 332 g/mol. The number of hydrogen-bond acceptors (Lipinski definition) is 2. The molecule has 0 spiro atoms. The minimum Gasteiger partial charge on any atom is -0.491 e. The lowest BCUT2D eigenvalue weighted by Crippen LogP contribution is -2.39. The molecule has 2 rings (SSSR count). The molecule has 5 heteroatoms. The van der Waals surface area contributed by atoms with E-state index in [1.807, 2.05) is 25.1 Å². The van der Waals surface area contributed by atoms with Gasteiger partial charge in [-0.1, -0.05) is 6.07 Å². The van der Waals surface area contributed by atoms with E-state index in [0.717, 1.165) is 11.4 Å². The van der Waals surface area contributed by atoms with Gasteiger partial charge in [0, 0.05) is 5.69 Å². The number of anilines is 1. The van der Waals surface area contributed by atoms with Crippen molar-refractivity contribution in [1.82, 2.24) is 5.32 Å². The van der Waals surface area contributed by atoms with E-state index in [0.29, 0.717) is 11.7 Å². The first-order chi connectivity index (χ1) is 10.9. The van der Waals surface area contributed by atoms with Crippen molar-refractivity contribution in [1.29, 1.82) is 0 Å². The monoisotopic (exact) mass is 332 g/mol. The Hall–Kier alpha value is -2.14. The van der Waals surface area contributed by atoms with E-state index >= 15 is 0 Å². The summed E-state index contributed by atoms with van der Waals surface area (Å²) in [7, 11) is 0. The van der Waals surface area contributed by atoms with Crippen LogP contribution >= 0.6 is 12.2 Å². The first-order valence-electron chi connectivity index (χ1n) is 7.47. The standard InChI is InChI=1S/C18H21FN2OS/c1-12-4-9-17(10-13(12)2)22-11-14(3)20-18(23)21-16-7-5-15(19)6-8-16/h4-10,14H,11H2,1-3H3,(H2,20,21,23)/t14-/m1/s1. The second-order valence-corrected chi connectivity index (χ2v) is 5.97. The number of rotatable bonds is 5. The molecule has 0 aliphatic rings. The van der Waals surface area contributed by atoms with Crippen LogP contribution in [0.25, 0.3) is 0 Å². The van der Waals surface area contributed by atoms with Crippen molar-refractivity contribution in [3.05, 3.63) is 59.4 Å². The predicted octanol–water partition coefficient (Wildman–Crippen LogP) is 4.20. The van der Waals surface area contributed by atoms with Crippen LogP contribution in [-0.2, 0) is 0 Å². The highest BCUT2D eigenvalue weighted by Gasteiger charge is 2.06. The number of thiocarbonyl (C=S) groups is 1. The molecule has 0 amide bonds. The van der Waals surface area contributed by atoms with Gasteiger partial charge in [0.1, 0.15) is 18.2 Å². The van der Waals surface area contributed by atoms with Gasteiger partial charge in [-0.05, 0) is 80.5 Å². The van der Waals surface area contributed by atoms with E-state index in [4.69, 9.17) is 17.0 Å². The number of aryl methyl sites for hydroxylation is 2. The van der Waals surface area contributed by atoms with Gasteiger partial charge in [0.25, 0.3) is 0 Å². The van der Waals surface area contributed by atoms with Crippen molar-refractivity contribution in [2.75, 3.05) is 11.9 Å². The van der Waals surface area contributed by atoms with E-state index in [1.165, 1.54) is 23.3 Å². The molecule has 2 aromatic carbocycles. The third-order valence-corrected chi connectivity index (χ3v) is 3.68. The third kappa shape index (κ3) is 5.53. The van der Waals surface area contributed by atoms with E-state index in [2.05, 4.69) is 24.5 Å². The fourth-order valence-electron chi connectivity index (χ4n) is 1.99. The smallest absolute Gasteiger partial charge is 0.171 e. The fourth-order valence-corrected chi connectivity index (χ4v) is 2.31. The van der Waals surface area contributed by atoms with Gasteiger partial charge >= 0.3 is 0 Å². The molecule has 2 aromatic rings. The predicted molar refractivity (Wildman–Crippen MR) is 96.6 cm³/mol. The minimum atomic E-state index is -0.274. The number of nitrogens with one attached hydrogen (secondary N) is 2. The summed E-state index contributed by atoms with van der Waals surface area (Å²) in [5, 5.41) is 6.63. The lowest BCUT2D eigenvalue weighted by Gasteiger charge is -2.18. The Bertz CT molecular complexity index is 673. The van der Waals surface area contributed by atoms with Crippen molar-refractivity contribution in [2.24, 2.45) is 0 Å². The zero-order valence-electron chi connectivity index (χ0n) is 13.5. The number of hydrogen-bond donors (Lipinski definition) is 2. The first kappa shape index (κ1) is 17.2. The van der Waals surface area contributed by atoms with Crippen LogP contribution in [-0.4, -0.2) is 17.8 Å². The van der Waals surface area contributed by atoms with E-state index in [9.17, 15) is 4.39 Å². The quantitative estimate of drug-likeness (QED) is 0.804. The van der Waals surface area contributed by atoms with Crippen LogP contribution in [0.2, 0.25) is 0 Å². The highest BCUT2D eigenvalue weighted by molar-refractivity contribution is 7.80.